The Bertz CT molecular complexity index is 649. The van der Waals surface area contributed by atoms with Crippen LogP contribution in [0.25, 0.3) is 0 Å². The lowest BCUT2D eigenvalue weighted by atomic mass is 10.1. The van der Waals surface area contributed by atoms with Gasteiger partial charge < -0.3 is 11.1 Å². The maximum Gasteiger partial charge on any atom is 0.258 e. The van der Waals surface area contributed by atoms with Crippen LogP contribution in [-0.2, 0) is 0 Å². The van der Waals surface area contributed by atoms with E-state index in [1.54, 1.807) is 18.2 Å². The van der Waals surface area contributed by atoms with Gasteiger partial charge in [-0.05, 0) is 59.0 Å². The van der Waals surface area contributed by atoms with E-state index < -0.39 is 11.7 Å². The maximum absolute atomic E-state index is 13.6. The van der Waals surface area contributed by atoms with Crippen LogP contribution in [0.2, 0.25) is 5.02 Å². The Labute approximate surface area is 128 Å². The molecule has 2 rings (SSSR count). The number of carbonyl (C=O) groups is 1. The Morgan fingerprint density at radius 3 is 2.63 bits per heavy atom. The highest BCUT2D eigenvalue weighted by molar-refractivity contribution is 14.1. The summed E-state index contributed by atoms with van der Waals surface area (Å²) in [5.74, 6) is -1.24. The molecule has 19 heavy (non-hydrogen) atoms. The van der Waals surface area contributed by atoms with Gasteiger partial charge in [0.05, 0.1) is 16.3 Å². The summed E-state index contributed by atoms with van der Waals surface area (Å²) in [5.41, 5.74) is 6.05. The van der Waals surface area contributed by atoms with Gasteiger partial charge in [0, 0.05) is 9.26 Å². The second-order valence-electron chi connectivity index (χ2n) is 3.82. The zero-order valence-electron chi connectivity index (χ0n) is 9.58. The number of amides is 1. The first-order valence-electron chi connectivity index (χ1n) is 5.29. The Morgan fingerprint density at radius 2 is 2.00 bits per heavy atom. The quantitative estimate of drug-likeness (QED) is 0.603. The first-order valence-corrected chi connectivity index (χ1v) is 6.74. The molecule has 2 aromatic carbocycles. The normalized spacial score (nSPS) is 10.3. The molecule has 0 bridgehead atoms. The van der Waals surface area contributed by atoms with Crippen LogP contribution in [0.15, 0.2) is 36.4 Å². The Morgan fingerprint density at radius 1 is 1.26 bits per heavy atom. The van der Waals surface area contributed by atoms with Crippen molar-refractivity contribution in [1.29, 1.82) is 0 Å². The molecule has 6 heteroatoms. The number of nitrogen functional groups attached to an aromatic ring is 1. The molecule has 98 valence electrons. The molecule has 0 radical (unpaired) electrons. The molecule has 0 unspecified atom stereocenters. The van der Waals surface area contributed by atoms with Crippen molar-refractivity contribution in [3.63, 3.8) is 0 Å². The van der Waals surface area contributed by atoms with Crippen LogP contribution >= 0.6 is 34.2 Å². The summed E-state index contributed by atoms with van der Waals surface area (Å²) < 4.78 is 14.5. The molecule has 0 fully saturated rings. The van der Waals surface area contributed by atoms with E-state index in [1.165, 1.54) is 12.1 Å². The van der Waals surface area contributed by atoms with Crippen LogP contribution < -0.4 is 11.1 Å². The fourth-order valence-corrected chi connectivity index (χ4v) is 2.40. The monoisotopic (exact) mass is 390 g/mol. The van der Waals surface area contributed by atoms with Crippen molar-refractivity contribution in [2.45, 2.75) is 0 Å². The molecule has 3 N–H and O–H groups in total. The molecule has 0 aliphatic rings. The third-order valence-electron chi connectivity index (χ3n) is 2.42. The summed E-state index contributed by atoms with van der Waals surface area (Å²) >= 11 is 8.10. The number of anilines is 2. The minimum absolute atomic E-state index is 0.0798. The third kappa shape index (κ3) is 3.36. The predicted octanol–water partition coefficient (Wildman–Crippen LogP) is 3.92. The molecule has 0 saturated heterocycles. The average Bonchev–Trinajstić information content (AvgIpc) is 2.32. The lowest BCUT2D eigenvalue weighted by molar-refractivity contribution is 0.102. The number of rotatable bonds is 2. The van der Waals surface area contributed by atoms with Crippen molar-refractivity contribution < 1.29 is 9.18 Å². The largest absolute Gasteiger partial charge is 0.399 e. The Kier molecular flexibility index (Phi) is 4.26. The van der Waals surface area contributed by atoms with E-state index in [0.29, 0.717) is 10.7 Å². The van der Waals surface area contributed by atoms with E-state index in [-0.39, 0.29) is 11.3 Å². The van der Waals surface area contributed by atoms with Gasteiger partial charge in [-0.1, -0.05) is 11.6 Å². The first-order chi connectivity index (χ1) is 8.97. The van der Waals surface area contributed by atoms with Crippen LogP contribution in [0, 0.1) is 9.39 Å². The SMILES string of the molecule is Nc1ccc(C(=O)Nc2ccc(I)cc2Cl)c(F)c1. The van der Waals surface area contributed by atoms with Gasteiger partial charge in [-0.15, -0.1) is 0 Å². The number of halogens is 3. The van der Waals surface area contributed by atoms with Gasteiger partial charge in [0.15, 0.2) is 0 Å². The summed E-state index contributed by atoms with van der Waals surface area (Å²) in [4.78, 5) is 11.9. The molecule has 0 aromatic heterocycles. The highest BCUT2D eigenvalue weighted by Crippen LogP contribution is 2.24. The molecule has 0 atom stereocenters. The van der Waals surface area contributed by atoms with E-state index in [1.807, 2.05) is 0 Å². The standard InChI is InChI=1S/C13H9ClFIN2O/c14-10-5-7(16)1-4-12(10)18-13(19)9-3-2-8(17)6-11(9)15/h1-6H,17H2,(H,18,19). The average molecular weight is 391 g/mol. The van der Waals surface area contributed by atoms with E-state index in [4.69, 9.17) is 17.3 Å². The second-order valence-corrected chi connectivity index (χ2v) is 5.47. The number of hydrogen-bond acceptors (Lipinski definition) is 2. The summed E-state index contributed by atoms with van der Waals surface area (Å²) in [7, 11) is 0. The molecule has 0 spiro atoms. The number of benzene rings is 2. The molecule has 0 heterocycles. The Hall–Kier alpha value is -1.34. The lowest BCUT2D eigenvalue weighted by Gasteiger charge is -2.08. The molecule has 3 nitrogen and oxygen atoms in total. The maximum atomic E-state index is 13.6. The summed E-state index contributed by atoms with van der Waals surface area (Å²) in [6, 6.07) is 9.06. The van der Waals surface area contributed by atoms with Crippen molar-refractivity contribution in [3.05, 3.63) is 56.4 Å². The number of hydrogen-bond donors (Lipinski definition) is 2. The fraction of sp³-hybridized carbons (Fsp3) is 0. The van der Waals surface area contributed by atoms with Crippen LogP contribution in [0.3, 0.4) is 0 Å². The van der Waals surface area contributed by atoms with Gasteiger partial charge in [0.2, 0.25) is 0 Å². The van der Waals surface area contributed by atoms with Crippen LogP contribution in [-0.4, -0.2) is 5.91 Å². The van der Waals surface area contributed by atoms with E-state index in [2.05, 4.69) is 27.9 Å². The molecule has 1 amide bonds. The topological polar surface area (TPSA) is 55.1 Å². The smallest absolute Gasteiger partial charge is 0.258 e. The van der Waals surface area contributed by atoms with Gasteiger partial charge in [0.25, 0.3) is 5.91 Å². The lowest BCUT2D eigenvalue weighted by Crippen LogP contribution is -2.14. The van der Waals surface area contributed by atoms with Gasteiger partial charge >= 0.3 is 0 Å². The summed E-state index contributed by atoms with van der Waals surface area (Å²) in [5, 5.41) is 2.96. The van der Waals surface area contributed by atoms with Gasteiger partial charge in [-0.3, -0.25) is 4.79 Å². The van der Waals surface area contributed by atoms with Crippen molar-refractivity contribution in [3.8, 4) is 0 Å². The molecular weight excluding hydrogens is 382 g/mol. The van der Waals surface area contributed by atoms with Gasteiger partial charge in [-0.2, -0.15) is 0 Å². The molecule has 0 saturated carbocycles. The van der Waals surface area contributed by atoms with E-state index in [0.717, 1.165) is 9.64 Å². The van der Waals surface area contributed by atoms with E-state index in [9.17, 15) is 9.18 Å². The molecular formula is C13H9ClFIN2O. The third-order valence-corrected chi connectivity index (χ3v) is 3.40. The summed E-state index contributed by atoms with van der Waals surface area (Å²) in [6.07, 6.45) is 0. The van der Waals surface area contributed by atoms with Crippen molar-refractivity contribution in [1.82, 2.24) is 0 Å². The number of carbonyl (C=O) groups excluding carboxylic acids is 1. The van der Waals surface area contributed by atoms with Crippen molar-refractivity contribution in [2.75, 3.05) is 11.1 Å². The number of nitrogens with one attached hydrogen (secondary N) is 1. The predicted molar refractivity (Wildman–Crippen MR) is 82.9 cm³/mol. The highest BCUT2D eigenvalue weighted by Gasteiger charge is 2.13. The van der Waals surface area contributed by atoms with Crippen molar-refractivity contribution in [2.24, 2.45) is 0 Å². The summed E-state index contributed by atoms with van der Waals surface area (Å²) in [6.45, 7) is 0. The zero-order valence-corrected chi connectivity index (χ0v) is 12.5. The first kappa shape index (κ1) is 14.1. The molecule has 2 aromatic rings. The van der Waals surface area contributed by atoms with Crippen LogP contribution in [0.5, 0.6) is 0 Å². The van der Waals surface area contributed by atoms with E-state index >= 15 is 0 Å². The van der Waals surface area contributed by atoms with Crippen LogP contribution in [0.4, 0.5) is 15.8 Å². The minimum Gasteiger partial charge on any atom is -0.399 e. The highest BCUT2D eigenvalue weighted by atomic mass is 127. The van der Waals surface area contributed by atoms with Gasteiger partial charge in [0.1, 0.15) is 5.82 Å². The van der Waals surface area contributed by atoms with Crippen LogP contribution in [0.1, 0.15) is 10.4 Å². The minimum atomic E-state index is -0.667. The Balaban J connectivity index is 2.25. The molecule has 0 aliphatic carbocycles. The fourth-order valence-electron chi connectivity index (χ4n) is 1.50. The number of nitrogens with two attached hydrogens (primary N) is 1. The zero-order chi connectivity index (χ0) is 14.0. The molecule has 0 aliphatic heterocycles. The van der Waals surface area contributed by atoms with Gasteiger partial charge in [-0.25, -0.2) is 4.39 Å². The second kappa shape index (κ2) is 5.75. The van der Waals surface area contributed by atoms with Crippen molar-refractivity contribution >= 4 is 51.5 Å².